The smallest absolute Gasteiger partial charge is 0.418 e. The average Bonchev–Trinajstić information content (AvgIpc) is 2.07. The Balaban J connectivity index is 2.82. The van der Waals surface area contributed by atoms with Gasteiger partial charge in [-0.2, -0.15) is 13.2 Å². The van der Waals surface area contributed by atoms with Crippen molar-refractivity contribution in [3.8, 4) is 0 Å². The summed E-state index contributed by atoms with van der Waals surface area (Å²) in [5.74, 6) is -0.231. The van der Waals surface area contributed by atoms with Gasteiger partial charge in [0.2, 0.25) is 0 Å². The van der Waals surface area contributed by atoms with Gasteiger partial charge in [0.15, 0.2) is 6.10 Å². The van der Waals surface area contributed by atoms with Gasteiger partial charge in [0.05, 0.1) is 6.04 Å². The van der Waals surface area contributed by atoms with Crippen LogP contribution >= 0.6 is 0 Å². The SMILES string of the molecule is CC1NC=C(C(O)C(F)(F)F)C=C1O. The summed E-state index contributed by atoms with van der Waals surface area (Å²) >= 11 is 0. The van der Waals surface area contributed by atoms with Gasteiger partial charge >= 0.3 is 6.18 Å². The van der Waals surface area contributed by atoms with Gasteiger partial charge in [-0.15, -0.1) is 0 Å². The van der Waals surface area contributed by atoms with Gasteiger partial charge in [-0.1, -0.05) is 0 Å². The highest BCUT2D eigenvalue weighted by atomic mass is 19.4. The van der Waals surface area contributed by atoms with Crippen molar-refractivity contribution in [2.45, 2.75) is 25.2 Å². The minimum absolute atomic E-state index is 0.231. The van der Waals surface area contributed by atoms with Crippen LogP contribution in [0.5, 0.6) is 0 Å². The van der Waals surface area contributed by atoms with Crippen molar-refractivity contribution in [2.24, 2.45) is 0 Å². The molecular formula is C8H10F3NO2. The van der Waals surface area contributed by atoms with E-state index in [1.165, 1.54) is 0 Å². The summed E-state index contributed by atoms with van der Waals surface area (Å²) in [6, 6.07) is -0.431. The molecule has 0 aromatic rings. The molecule has 3 N–H and O–H groups in total. The van der Waals surface area contributed by atoms with Gasteiger partial charge in [-0.05, 0) is 13.0 Å². The minimum atomic E-state index is -4.72. The van der Waals surface area contributed by atoms with Gasteiger partial charge in [-0.3, -0.25) is 0 Å². The van der Waals surface area contributed by atoms with E-state index in [9.17, 15) is 13.2 Å². The van der Waals surface area contributed by atoms with Crippen LogP contribution in [0.25, 0.3) is 0 Å². The summed E-state index contributed by atoms with van der Waals surface area (Å²) in [5, 5.41) is 20.5. The molecule has 0 radical (unpaired) electrons. The van der Waals surface area contributed by atoms with Crippen molar-refractivity contribution < 1.29 is 23.4 Å². The lowest BCUT2D eigenvalue weighted by Gasteiger charge is -2.22. The Morgan fingerprint density at radius 1 is 1.50 bits per heavy atom. The van der Waals surface area contributed by atoms with E-state index < -0.39 is 23.9 Å². The Kier molecular flexibility index (Phi) is 2.75. The maximum atomic E-state index is 12.0. The number of aliphatic hydroxyl groups is 2. The van der Waals surface area contributed by atoms with E-state index >= 15 is 0 Å². The number of dihydropyridines is 1. The molecule has 0 aliphatic carbocycles. The van der Waals surface area contributed by atoms with Crippen molar-refractivity contribution in [3.05, 3.63) is 23.6 Å². The summed E-state index contributed by atoms with van der Waals surface area (Å²) in [5.41, 5.74) is -0.395. The first-order valence-electron chi connectivity index (χ1n) is 3.94. The molecule has 1 aliphatic heterocycles. The van der Waals surface area contributed by atoms with Crippen molar-refractivity contribution in [2.75, 3.05) is 0 Å². The fourth-order valence-corrected chi connectivity index (χ4v) is 0.991. The van der Waals surface area contributed by atoms with Crippen LogP contribution < -0.4 is 5.32 Å². The van der Waals surface area contributed by atoms with E-state index in [0.717, 1.165) is 12.3 Å². The molecule has 1 rings (SSSR count). The fraction of sp³-hybridized carbons (Fsp3) is 0.500. The van der Waals surface area contributed by atoms with Crippen molar-refractivity contribution >= 4 is 0 Å². The lowest BCUT2D eigenvalue weighted by molar-refractivity contribution is -0.190. The first kappa shape index (κ1) is 10.9. The zero-order valence-electron chi connectivity index (χ0n) is 7.34. The third-order valence-corrected chi connectivity index (χ3v) is 1.88. The number of rotatable bonds is 1. The van der Waals surface area contributed by atoms with Crippen LogP contribution in [0.4, 0.5) is 13.2 Å². The molecule has 3 nitrogen and oxygen atoms in total. The summed E-state index contributed by atoms with van der Waals surface area (Å²) in [6.07, 6.45) is -5.32. The standard InChI is InChI=1S/C8H10F3NO2/c1-4-6(13)2-5(3-12-4)7(14)8(9,10)11/h2-4,7,12-14H,1H3. The summed E-state index contributed by atoms with van der Waals surface area (Å²) in [7, 11) is 0. The Bertz CT molecular complexity index is 283. The topological polar surface area (TPSA) is 52.5 Å². The van der Waals surface area contributed by atoms with Gasteiger partial charge in [-0.25, -0.2) is 0 Å². The number of hydrogen-bond acceptors (Lipinski definition) is 3. The number of aliphatic hydroxyl groups excluding tert-OH is 2. The van der Waals surface area contributed by atoms with Crippen LogP contribution in [0.2, 0.25) is 0 Å². The molecule has 80 valence electrons. The fourth-order valence-electron chi connectivity index (χ4n) is 0.991. The molecule has 0 bridgehead atoms. The highest BCUT2D eigenvalue weighted by Gasteiger charge is 2.40. The molecule has 0 spiro atoms. The highest BCUT2D eigenvalue weighted by Crippen LogP contribution is 2.27. The van der Waals surface area contributed by atoms with Gasteiger partial charge in [0.1, 0.15) is 5.76 Å². The lowest BCUT2D eigenvalue weighted by atomic mass is 10.1. The summed E-state index contributed by atoms with van der Waals surface area (Å²) in [4.78, 5) is 0. The predicted molar refractivity (Wildman–Crippen MR) is 43.5 cm³/mol. The molecule has 0 saturated heterocycles. The lowest BCUT2D eigenvalue weighted by Crippen LogP contribution is -2.35. The van der Waals surface area contributed by atoms with E-state index in [1.54, 1.807) is 6.92 Å². The van der Waals surface area contributed by atoms with Crippen LogP contribution in [-0.4, -0.2) is 28.5 Å². The maximum absolute atomic E-state index is 12.0. The third kappa shape index (κ3) is 2.20. The van der Waals surface area contributed by atoms with Crippen LogP contribution in [0.15, 0.2) is 23.6 Å². The molecule has 1 heterocycles. The number of hydrogen-bond donors (Lipinski definition) is 3. The monoisotopic (exact) mass is 209 g/mol. The van der Waals surface area contributed by atoms with Gasteiger partial charge < -0.3 is 15.5 Å². The van der Waals surface area contributed by atoms with Gasteiger partial charge in [0.25, 0.3) is 0 Å². The second kappa shape index (κ2) is 3.53. The Hall–Kier alpha value is -1.17. The van der Waals surface area contributed by atoms with Crippen molar-refractivity contribution in [1.29, 1.82) is 0 Å². The number of halogens is 3. The van der Waals surface area contributed by atoms with Gasteiger partial charge in [0, 0.05) is 11.8 Å². The van der Waals surface area contributed by atoms with Crippen LogP contribution in [0.1, 0.15) is 6.92 Å². The second-order valence-corrected chi connectivity index (χ2v) is 3.05. The molecule has 0 saturated carbocycles. The summed E-state index contributed by atoms with van der Waals surface area (Å²) < 4.78 is 36.1. The molecule has 0 fully saturated rings. The number of nitrogens with one attached hydrogen (secondary N) is 1. The molecule has 0 aromatic heterocycles. The largest absolute Gasteiger partial charge is 0.510 e. The van der Waals surface area contributed by atoms with E-state index in [0.29, 0.717) is 0 Å². The highest BCUT2D eigenvalue weighted by molar-refractivity contribution is 5.30. The zero-order valence-corrected chi connectivity index (χ0v) is 7.34. The zero-order chi connectivity index (χ0) is 10.9. The maximum Gasteiger partial charge on any atom is 0.418 e. The van der Waals surface area contributed by atoms with Crippen LogP contribution in [-0.2, 0) is 0 Å². The molecule has 6 heteroatoms. The van der Waals surface area contributed by atoms with Crippen molar-refractivity contribution in [3.63, 3.8) is 0 Å². The molecular weight excluding hydrogens is 199 g/mol. The molecule has 1 aliphatic rings. The third-order valence-electron chi connectivity index (χ3n) is 1.88. The Labute approximate surface area is 78.5 Å². The summed E-state index contributed by atoms with van der Waals surface area (Å²) in [6.45, 7) is 1.58. The van der Waals surface area contributed by atoms with Crippen LogP contribution in [0, 0.1) is 0 Å². The average molecular weight is 209 g/mol. The molecule has 0 amide bonds. The Morgan fingerprint density at radius 3 is 2.50 bits per heavy atom. The van der Waals surface area contributed by atoms with E-state index in [2.05, 4.69) is 5.32 Å². The van der Waals surface area contributed by atoms with E-state index in [1.807, 2.05) is 0 Å². The normalized spacial score (nSPS) is 24.8. The second-order valence-electron chi connectivity index (χ2n) is 3.05. The van der Waals surface area contributed by atoms with Crippen molar-refractivity contribution in [1.82, 2.24) is 5.32 Å². The van der Waals surface area contributed by atoms with E-state index in [4.69, 9.17) is 10.2 Å². The quantitative estimate of drug-likeness (QED) is 0.608. The minimum Gasteiger partial charge on any atom is -0.510 e. The molecule has 14 heavy (non-hydrogen) atoms. The number of alkyl halides is 3. The molecule has 2 atom stereocenters. The first-order chi connectivity index (χ1) is 6.32. The Morgan fingerprint density at radius 2 is 2.07 bits per heavy atom. The first-order valence-corrected chi connectivity index (χ1v) is 3.94. The van der Waals surface area contributed by atoms with E-state index in [-0.39, 0.29) is 5.76 Å². The predicted octanol–water partition coefficient (Wildman–Crippen LogP) is 1.23. The van der Waals surface area contributed by atoms with Crippen LogP contribution in [0.3, 0.4) is 0 Å². The molecule has 2 unspecified atom stereocenters. The molecule has 0 aromatic carbocycles.